The van der Waals surface area contributed by atoms with E-state index in [1.54, 1.807) is 0 Å². The first-order valence-corrected chi connectivity index (χ1v) is 32.4. The summed E-state index contributed by atoms with van der Waals surface area (Å²) in [7, 11) is 0. The molecule has 0 bridgehead atoms. The number of fused-ring (bicyclic) bond motifs is 1. The minimum absolute atomic E-state index is 0.0671. The monoisotopic (exact) mass is 1330 g/mol. The molecule has 0 amide bonds. The fourth-order valence-electron chi connectivity index (χ4n) is 14.7. The molecule has 2 saturated carbocycles. The Balaban J connectivity index is 0.958. The fraction of sp³-hybridized carbons (Fsp3) is 0.950. The zero-order valence-corrected chi connectivity index (χ0v) is 52.1. The molecule has 0 aromatic heterocycles. The lowest BCUT2D eigenvalue weighted by molar-refractivity contribution is -0.392. The molecule has 6 saturated heterocycles. The summed E-state index contributed by atoms with van der Waals surface area (Å²) in [6.07, 6.45) is -44.3. The molecule has 8 aliphatic rings. The first-order valence-electron chi connectivity index (χ1n) is 32.4. The van der Waals surface area contributed by atoms with E-state index in [0.29, 0.717) is 44.1 Å². The number of aliphatic hydroxyl groups is 19. The summed E-state index contributed by atoms with van der Waals surface area (Å²) in [5.74, 6) is -1.42. The van der Waals surface area contributed by atoms with Gasteiger partial charge in [0.1, 0.15) is 128 Å². The van der Waals surface area contributed by atoms with E-state index in [1.807, 2.05) is 6.92 Å². The lowest BCUT2D eigenvalue weighted by Crippen LogP contribution is -2.67. The molecular weight excluding hydrogens is 1230 g/mol. The number of carbonyl (C=O) groups excluding carboxylic acids is 1. The predicted octanol–water partition coefficient (Wildman–Crippen LogP) is -6.38. The first kappa shape index (κ1) is 75.8. The summed E-state index contributed by atoms with van der Waals surface area (Å²) in [6, 6.07) is 0. The van der Waals surface area contributed by atoms with Gasteiger partial charge in [0.2, 0.25) is 6.29 Å². The van der Waals surface area contributed by atoms with Gasteiger partial charge in [0.15, 0.2) is 37.6 Å². The first-order chi connectivity index (χ1) is 43.8. The second-order valence-electron chi connectivity index (χ2n) is 26.4. The molecule has 6 heterocycles. The molecule has 2 aliphatic carbocycles. The maximum Gasteiger partial charge on any atom is 0.308 e. The average Bonchev–Trinajstić information content (AvgIpc) is 1.14. The van der Waals surface area contributed by atoms with Crippen molar-refractivity contribution in [1.82, 2.24) is 0 Å². The summed E-state index contributed by atoms with van der Waals surface area (Å²) in [4.78, 5) is 13.8. The third-order valence-electron chi connectivity index (χ3n) is 20.6. The Morgan fingerprint density at radius 2 is 0.891 bits per heavy atom. The van der Waals surface area contributed by atoms with Crippen LogP contribution < -0.4 is 0 Å². The molecule has 8 fully saturated rings. The van der Waals surface area contributed by atoms with Crippen molar-refractivity contribution in [2.45, 2.75) is 288 Å². The highest BCUT2D eigenvalue weighted by atomic mass is 16.8. The van der Waals surface area contributed by atoms with Crippen LogP contribution in [0.15, 0.2) is 12.2 Å². The zero-order valence-electron chi connectivity index (χ0n) is 52.1. The van der Waals surface area contributed by atoms with E-state index in [-0.39, 0.29) is 42.4 Å². The molecule has 8 rings (SSSR count). The van der Waals surface area contributed by atoms with Gasteiger partial charge < -0.3 is 154 Å². The third kappa shape index (κ3) is 16.5. The highest BCUT2D eigenvalue weighted by Gasteiger charge is 2.58. The number of hydrogen-bond acceptors (Lipinski definition) is 32. The minimum Gasteiger partial charge on any atom is -0.433 e. The van der Waals surface area contributed by atoms with Crippen molar-refractivity contribution in [1.29, 1.82) is 0 Å². The van der Waals surface area contributed by atoms with Gasteiger partial charge in [0.25, 0.3) is 0 Å². The Bertz CT molecular complexity index is 2260. The van der Waals surface area contributed by atoms with Crippen molar-refractivity contribution in [2.24, 2.45) is 29.1 Å². The van der Waals surface area contributed by atoms with Gasteiger partial charge in [-0.25, -0.2) is 0 Å². The number of hydrogen-bond donors (Lipinski definition) is 19. The predicted molar refractivity (Wildman–Crippen MR) is 306 cm³/mol. The van der Waals surface area contributed by atoms with Gasteiger partial charge in [-0.2, -0.15) is 0 Å². The van der Waals surface area contributed by atoms with E-state index in [9.17, 15) is 102 Å². The van der Waals surface area contributed by atoms with Crippen LogP contribution in [0.2, 0.25) is 0 Å². The molecule has 92 heavy (non-hydrogen) atoms. The topological polar surface area (TPSA) is 512 Å². The van der Waals surface area contributed by atoms with Crippen LogP contribution in [0.5, 0.6) is 0 Å². The molecule has 19 N–H and O–H groups in total. The van der Waals surface area contributed by atoms with Crippen LogP contribution in [0.25, 0.3) is 0 Å². The Morgan fingerprint density at radius 3 is 1.42 bits per heavy atom. The van der Waals surface area contributed by atoms with Crippen LogP contribution in [0, 0.1) is 29.1 Å². The molecule has 0 aromatic rings. The van der Waals surface area contributed by atoms with E-state index in [0.717, 1.165) is 25.7 Å². The van der Waals surface area contributed by atoms with Crippen LogP contribution in [-0.4, -0.2) is 327 Å². The highest BCUT2D eigenvalue weighted by molar-refractivity contribution is 5.69. The summed E-state index contributed by atoms with van der Waals surface area (Å²) in [5, 5.41) is 204. The lowest BCUT2D eigenvalue weighted by Gasteiger charge is -2.50. The Labute approximate surface area is 532 Å². The normalized spacial score (nSPS) is 48.8. The van der Waals surface area contributed by atoms with E-state index < -0.39 is 236 Å². The summed E-state index contributed by atoms with van der Waals surface area (Å²) >= 11 is 0. The van der Waals surface area contributed by atoms with Crippen molar-refractivity contribution < 1.29 is 159 Å². The summed E-state index contributed by atoms with van der Waals surface area (Å²) < 4.78 is 72.3. The average molecular weight is 1340 g/mol. The number of rotatable bonds is 26. The van der Waals surface area contributed by atoms with Crippen LogP contribution in [-0.2, 0) is 61.6 Å². The summed E-state index contributed by atoms with van der Waals surface area (Å²) in [5.41, 5.74) is 0.356. The maximum absolute atomic E-state index is 13.8. The molecule has 35 atom stereocenters. The molecule has 33 unspecified atom stereocenters. The van der Waals surface area contributed by atoms with E-state index >= 15 is 0 Å². The number of esters is 1. The molecule has 6 aliphatic heterocycles. The fourth-order valence-corrected chi connectivity index (χ4v) is 14.7. The second kappa shape index (κ2) is 33.7. The smallest absolute Gasteiger partial charge is 0.308 e. The van der Waals surface area contributed by atoms with Crippen molar-refractivity contribution in [3.05, 3.63) is 12.2 Å². The van der Waals surface area contributed by atoms with Gasteiger partial charge in [-0.1, -0.05) is 53.0 Å². The van der Waals surface area contributed by atoms with Crippen molar-refractivity contribution >= 4 is 5.97 Å². The van der Waals surface area contributed by atoms with E-state index in [4.69, 9.17) is 56.8 Å². The van der Waals surface area contributed by atoms with Gasteiger partial charge in [-0.15, -0.1) is 0 Å². The molecule has 32 heteroatoms. The Hall–Kier alpha value is -1.99. The van der Waals surface area contributed by atoms with Gasteiger partial charge in [0.05, 0.1) is 51.8 Å². The third-order valence-corrected chi connectivity index (χ3v) is 20.6. The Morgan fingerprint density at radius 1 is 0.457 bits per heavy atom. The highest BCUT2D eigenvalue weighted by Crippen LogP contribution is 2.56. The molecule has 0 spiro atoms. The SMILES string of the molecule is C=C1CC2CCC(C)[C@@](C)(CCCCC(=O)OC3OC(CO)C(O)C(O)C3OC3OC(CO)C(O)C(O)C3OC3OC(CO)C(O)C(O)C3O)[C@@H]2CCC1OC1OC(CO)C(O)C(OC2OC(CO)C(O)C(O)C2O)C1OC1OC(CO)C(O)C(O)C1CCCCC. The molecule has 0 aromatic carbocycles. The van der Waals surface area contributed by atoms with Crippen LogP contribution in [0.1, 0.15) is 104 Å². The molecule has 32 nitrogen and oxygen atoms in total. The molecule has 534 valence electrons. The number of carbonyl (C=O) groups is 1. The van der Waals surface area contributed by atoms with Gasteiger partial charge in [-0.05, 0) is 80.1 Å². The largest absolute Gasteiger partial charge is 0.433 e. The Kier molecular flexibility index (Phi) is 27.8. The standard InChI is InChI=1S/C60H102O32/c1-5-6-7-10-27-37(68)38(69)30(18-61)82-54(27)92-53-50(89-55-48(79)44(75)39(70)31(19-62)83-55)43(74)35(23-66)87-59(53)81-29-15-14-28-26(17-24(29)2)13-12-25(3)60(28,4)16-9-8-11-36(67)88-57-51(46(77)41(72)33(21-64)85-57)91-58-52(47(78)42(73)34(22-65)86-58)90-56-49(80)45(76)40(71)32(20-63)84-56/h25-35,37-59,61-66,68-80H,2,5-23H2,1,3-4H3/t25?,26?,27?,28-,29?,30?,31?,32?,33?,34?,35?,37?,38?,39?,40?,41?,42?,43?,44?,45?,46?,47?,48?,49?,50?,51?,52?,53?,54?,55?,56?,57?,58?,59?,60-/m1/s1. The van der Waals surface area contributed by atoms with Crippen LogP contribution >= 0.6 is 0 Å². The zero-order chi connectivity index (χ0) is 67.2. The van der Waals surface area contributed by atoms with Gasteiger partial charge >= 0.3 is 5.97 Å². The lowest BCUT2D eigenvalue weighted by atomic mass is 9.55. The second-order valence-corrected chi connectivity index (χ2v) is 26.4. The molecule has 0 radical (unpaired) electrons. The number of unbranched alkanes of at least 4 members (excludes halogenated alkanes) is 3. The van der Waals surface area contributed by atoms with E-state index in [2.05, 4.69) is 20.4 Å². The maximum atomic E-state index is 13.8. The van der Waals surface area contributed by atoms with Crippen LogP contribution in [0.3, 0.4) is 0 Å². The number of ether oxygens (including phenoxy) is 12. The van der Waals surface area contributed by atoms with Crippen molar-refractivity contribution in [3.63, 3.8) is 0 Å². The van der Waals surface area contributed by atoms with Gasteiger partial charge in [-0.3, -0.25) is 4.79 Å². The quantitative estimate of drug-likeness (QED) is 0.0218. The van der Waals surface area contributed by atoms with E-state index in [1.165, 1.54) is 0 Å². The number of aliphatic hydroxyl groups excluding tert-OH is 19. The molecular formula is C60H102O32. The van der Waals surface area contributed by atoms with Crippen molar-refractivity contribution in [2.75, 3.05) is 39.6 Å². The van der Waals surface area contributed by atoms with Crippen LogP contribution in [0.4, 0.5) is 0 Å². The summed E-state index contributed by atoms with van der Waals surface area (Å²) in [6.45, 7) is 5.90. The van der Waals surface area contributed by atoms with Gasteiger partial charge in [0, 0.05) is 12.3 Å². The van der Waals surface area contributed by atoms with Crippen molar-refractivity contribution in [3.8, 4) is 0 Å². The minimum atomic E-state index is -2.02.